The van der Waals surface area contributed by atoms with Crippen molar-refractivity contribution in [2.75, 3.05) is 29.5 Å². The average molecular weight is 421 g/mol. The number of aldehydes is 1. The van der Waals surface area contributed by atoms with Gasteiger partial charge >= 0.3 is 0 Å². The highest BCUT2D eigenvalue weighted by Gasteiger charge is 2.33. The summed E-state index contributed by atoms with van der Waals surface area (Å²) in [6, 6.07) is 16.3. The molecule has 2 aromatic carbocycles. The van der Waals surface area contributed by atoms with Crippen LogP contribution in [0.2, 0.25) is 0 Å². The van der Waals surface area contributed by atoms with E-state index in [-0.39, 0.29) is 16.6 Å². The van der Waals surface area contributed by atoms with E-state index in [2.05, 4.69) is 35.9 Å². The Morgan fingerprint density at radius 2 is 1.87 bits per heavy atom. The second kappa shape index (κ2) is 8.28. The topological polar surface area (TPSA) is 94.5 Å². The van der Waals surface area contributed by atoms with Crippen molar-refractivity contribution in [2.45, 2.75) is 24.0 Å². The Labute approximate surface area is 180 Å². The summed E-state index contributed by atoms with van der Waals surface area (Å²) in [5.41, 5.74) is 15.6. The van der Waals surface area contributed by atoms with Gasteiger partial charge in [0.25, 0.3) is 0 Å². The number of fused-ring (bicyclic) bond motifs is 2. The Balaban J connectivity index is 1.88. The maximum atomic E-state index is 11.6. The Morgan fingerprint density at radius 1 is 1.13 bits per heavy atom. The van der Waals surface area contributed by atoms with Crippen molar-refractivity contribution in [3.05, 3.63) is 65.2 Å². The number of nitrogens with two attached hydrogens (primary N) is 2. The van der Waals surface area contributed by atoms with Gasteiger partial charge in [0.15, 0.2) is 6.29 Å². The van der Waals surface area contributed by atoms with Crippen LogP contribution in [-0.4, -0.2) is 24.4 Å². The molecule has 0 spiro atoms. The van der Waals surface area contributed by atoms with Crippen LogP contribution >= 0.6 is 11.8 Å². The molecule has 30 heavy (non-hydrogen) atoms. The van der Waals surface area contributed by atoms with Crippen LogP contribution < -0.4 is 21.1 Å². The molecule has 0 bridgehead atoms. The zero-order valence-electron chi connectivity index (χ0n) is 17.0. The molecule has 1 atom stereocenters. The van der Waals surface area contributed by atoms with Crippen molar-refractivity contribution in [1.82, 2.24) is 4.98 Å². The summed E-state index contributed by atoms with van der Waals surface area (Å²) in [7, 11) is 0. The summed E-state index contributed by atoms with van der Waals surface area (Å²) in [4.78, 5) is 19.3. The molecule has 154 valence electrons. The van der Waals surface area contributed by atoms with Crippen LogP contribution in [0.5, 0.6) is 11.6 Å². The number of ether oxygens (including phenoxy) is 1. The van der Waals surface area contributed by atoms with Crippen molar-refractivity contribution in [1.29, 1.82) is 0 Å². The van der Waals surface area contributed by atoms with Crippen LogP contribution in [-0.2, 0) is 0 Å². The average Bonchev–Trinajstić information content (AvgIpc) is 2.75. The minimum Gasteiger partial charge on any atom is -0.438 e. The lowest BCUT2D eigenvalue weighted by molar-refractivity contribution is 0.112. The second-order valence-electron chi connectivity index (χ2n) is 6.97. The Morgan fingerprint density at radius 3 is 2.53 bits per heavy atom. The molecule has 0 radical (unpaired) electrons. The van der Waals surface area contributed by atoms with E-state index in [0.29, 0.717) is 23.4 Å². The molecule has 7 heteroatoms. The first-order valence-corrected chi connectivity index (χ1v) is 10.8. The van der Waals surface area contributed by atoms with Gasteiger partial charge in [-0.15, -0.1) is 11.8 Å². The summed E-state index contributed by atoms with van der Waals surface area (Å²) in [6.07, 6.45) is 0.654. The molecule has 4 N–H and O–H groups in total. The van der Waals surface area contributed by atoms with Crippen molar-refractivity contribution in [3.8, 4) is 11.6 Å². The Kier molecular flexibility index (Phi) is 5.55. The number of carbonyl (C=O) groups is 1. The van der Waals surface area contributed by atoms with E-state index in [0.717, 1.165) is 35.0 Å². The zero-order valence-corrected chi connectivity index (χ0v) is 17.8. The van der Waals surface area contributed by atoms with Crippen LogP contribution in [0.1, 0.15) is 40.6 Å². The molecule has 1 unspecified atom stereocenters. The Bertz CT molecular complexity index is 1080. The molecule has 1 aromatic heterocycles. The van der Waals surface area contributed by atoms with E-state index in [1.165, 1.54) is 0 Å². The van der Waals surface area contributed by atoms with Gasteiger partial charge in [-0.25, -0.2) is 0 Å². The fourth-order valence-electron chi connectivity index (χ4n) is 3.71. The molecule has 4 rings (SSSR count). The molecule has 0 saturated heterocycles. The molecule has 0 amide bonds. The molecule has 2 heterocycles. The van der Waals surface area contributed by atoms with Gasteiger partial charge in [-0.05, 0) is 32.0 Å². The van der Waals surface area contributed by atoms with Crippen molar-refractivity contribution in [3.63, 3.8) is 0 Å². The molecular formula is C23H24N4O2S. The van der Waals surface area contributed by atoms with E-state index in [1.807, 2.05) is 36.4 Å². The highest BCUT2D eigenvalue weighted by Crippen LogP contribution is 2.54. The lowest BCUT2D eigenvalue weighted by Crippen LogP contribution is -2.22. The number of benzene rings is 2. The largest absolute Gasteiger partial charge is 0.438 e. The maximum absolute atomic E-state index is 11.6. The minimum atomic E-state index is -0.177. The van der Waals surface area contributed by atoms with Crippen molar-refractivity contribution < 1.29 is 9.53 Å². The summed E-state index contributed by atoms with van der Waals surface area (Å²) < 4.78 is 6.16. The summed E-state index contributed by atoms with van der Waals surface area (Å²) >= 11 is 1.64. The first-order valence-electron chi connectivity index (χ1n) is 9.89. The zero-order chi connectivity index (χ0) is 21.3. The first kappa shape index (κ1) is 20.1. The number of pyridine rings is 1. The van der Waals surface area contributed by atoms with Crippen molar-refractivity contribution in [2.24, 2.45) is 0 Å². The minimum absolute atomic E-state index is 0.0769. The van der Waals surface area contributed by atoms with Gasteiger partial charge < -0.3 is 21.1 Å². The van der Waals surface area contributed by atoms with Gasteiger partial charge in [0.1, 0.15) is 11.6 Å². The second-order valence-corrected chi connectivity index (χ2v) is 8.15. The number of aromatic nitrogens is 1. The molecule has 3 aromatic rings. The van der Waals surface area contributed by atoms with Gasteiger partial charge in [0, 0.05) is 35.3 Å². The standard InChI is InChI=1S/C23H24N4O2S/c1-3-27(4-2)14-10-11-16-18(12-14)29-23-19(20(24)17(13-28)22(25)26-23)21(16)30-15-8-6-5-7-9-15/h5-13,21H,3-4H2,1-2H3,(H4,24,25,26). The third kappa shape index (κ3) is 3.45. The van der Waals surface area contributed by atoms with Crippen LogP contribution in [0.3, 0.4) is 0 Å². The fourth-order valence-corrected chi connectivity index (χ4v) is 4.97. The number of carbonyl (C=O) groups excluding carboxylic acids is 1. The number of nitrogen functional groups attached to an aromatic ring is 2. The van der Waals surface area contributed by atoms with Gasteiger partial charge in [0.05, 0.1) is 22.1 Å². The SMILES string of the molecule is CCN(CC)c1ccc2c(c1)Oc1nc(N)c(C=O)c(N)c1C2Sc1ccccc1. The molecule has 6 nitrogen and oxygen atoms in total. The monoisotopic (exact) mass is 420 g/mol. The summed E-state index contributed by atoms with van der Waals surface area (Å²) in [6.45, 7) is 6.04. The van der Waals surface area contributed by atoms with Gasteiger partial charge in [-0.1, -0.05) is 24.3 Å². The first-order chi connectivity index (χ1) is 14.6. The smallest absolute Gasteiger partial charge is 0.228 e. The highest BCUT2D eigenvalue weighted by molar-refractivity contribution is 7.99. The van der Waals surface area contributed by atoms with Crippen LogP contribution in [0.4, 0.5) is 17.2 Å². The van der Waals surface area contributed by atoms with Gasteiger partial charge in [0.2, 0.25) is 5.88 Å². The number of hydrogen-bond acceptors (Lipinski definition) is 7. The number of anilines is 3. The predicted molar refractivity (Wildman–Crippen MR) is 123 cm³/mol. The van der Waals surface area contributed by atoms with Crippen LogP contribution in [0.25, 0.3) is 0 Å². The Hall–Kier alpha value is -3.19. The van der Waals surface area contributed by atoms with E-state index in [1.54, 1.807) is 11.8 Å². The number of thioether (sulfide) groups is 1. The lowest BCUT2D eigenvalue weighted by Gasteiger charge is -2.30. The van der Waals surface area contributed by atoms with E-state index in [4.69, 9.17) is 16.2 Å². The van der Waals surface area contributed by atoms with Gasteiger partial charge in [-0.3, -0.25) is 4.79 Å². The molecule has 1 aliphatic heterocycles. The van der Waals surface area contributed by atoms with E-state index >= 15 is 0 Å². The fraction of sp³-hybridized carbons (Fsp3) is 0.217. The molecule has 0 aliphatic carbocycles. The highest BCUT2D eigenvalue weighted by atomic mass is 32.2. The lowest BCUT2D eigenvalue weighted by atomic mass is 9.98. The summed E-state index contributed by atoms with van der Waals surface area (Å²) in [5, 5.41) is -0.177. The van der Waals surface area contributed by atoms with Crippen LogP contribution in [0, 0.1) is 0 Å². The van der Waals surface area contributed by atoms with E-state index in [9.17, 15) is 4.79 Å². The molecule has 0 saturated carbocycles. The summed E-state index contributed by atoms with van der Waals surface area (Å²) in [5.74, 6) is 1.16. The molecule has 0 fully saturated rings. The number of nitrogens with zero attached hydrogens (tertiary/aromatic N) is 2. The third-order valence-electron chi connectivity index (χ3n) is 5.30. The predicted octanol–water partition coefficient (Wildman–Crippen LogP) is 4.89. The van der Waals surface area contributed by atoms with Crippen LogP contribution in [0.15, 0.2) is 53.4 Å². The maximum Gasteiger partial charge on any atom is 0.228 e. The normalized spacial score (nSPS) is 14.4. The van der Waals surface area contributed by atoms with E-state index < -0.39 is 0 Å². The quantitative estimate of drug-likeness (QED) is 0.548. The molecular weight excluding hydrogens is 396 g/mol. The number of hydrogen-bond donors (Lipinski definition) is 2. The van der Waals surface area contributed by atoms with Gasteiger partial charge in [-0.2, -0.15) is 4.98 Å². The number of rotatable bonds is 6. The van der Waals surface area contributed by atoms with Crippen molar-refractivity contribution >= 4 is 35.2 Å². The molecule has 1 aliphatic rings. The third-order valence-corrected chi connectivity index (χ3v) is 6.57.